The van der Waals surface area contributed by atoms with Crippen molar-refractivity contribution >= 4 is 12.0 Å². The van der Waals surface area contributed by atoms with Crippen LogP contribution in [0, 0.1) is 11.8 Å². The van der Waals surface area contributed by atoms with Gasteiger partial charge in [0.2, 0.25) is 0 Å². The molecule has 0 saturated heterocycles. The van der Waals surface area contributed by atoms with Gasteiger partial charge in [0.25, 0.3) is 0 Å². The number of hydrogen-bond donors (Lipinski definition) is 2. The highest BCUT2D eigenvalue weighted by atomic mass is 16.6. The number of aliphatic hydroxyl groups excluding tert-OH is 1. The van der Waals surface area contributed by atoms with Crippen LogP contribution >= 0.6 is 0 Å². The number of fused-ring (bicyclic) bond motifs is 3. The minimum absolute atomic E-state index is 0.230. The number of rotatable bonds is 7. The van der Waals surface area contributed by atoms with Crippen LogP contribution in [0.1, 0.15) is 16.7 Å². The third-order valence-corrected chi connectivity index (χ3v) is 7.63. The van der Waals surface area contributed by atoms with E-state index in [1.807, 2.05) is 36.4 Å². The molecule has 8 heteroatoms. The number of carbonyl (C=O) groups is 1. The molecule has 2 N–H and O–H groups in total. The summed E-state index contributed by atoms with van der Waals surface area (Å²) in [6.45, 7) is 0. The summed E-state index contributed by atoms with van der Waals surface area (Å²) in [4.78, 5) is 13.2. The Kier molecular flexibility index (Phi) is 6.54. The Morgan fingerprint density at radius 2 is 1.61 bits per heavy atom. The molecule has 38 heavy (non-hydrogen) atoms. The summed E-state index contributed by atoms with van der Waals surface area (Å²) in [7, 11) is 5.78. The minimum atomic E-state index is -2.10. The second-order valence-corrected chi connectivity index (χ2v) is 9.32. The summed E-state index contributed by atoms with van der Waals surface area (Å²) in [6.07, 6.45) is 2.03. The number of benzene rings is 3. The van der Waals surface area contributed by atoms with Gasteiger partial charge in [-0.1, -0.05) is 54.6 Å². The van der Waals surface area contributed by atoms with E-state index >= 15 is 0 Å². The van der Waals surface area contributed by atoms with Gasteiger partial charge in [-0.3, -0.25) is 4.79 Å². The molecule has 5 atom stereocenters. The Bertz CT molecular complexity index is 1350. The molecule has 0 spiro atoms. The van der Waals surface area contributed by atoms with Crippen molar-refractivity contribution in [3.05, 3.63) is 89.5 Å². The first-order valence-corrected chi connectivity index (χ1v) is 12.2. The maximum absolute atomic E-state index is 13.2. The number of methoxy groups -OCH3 is 4. The van der Waals surface area contributed by atoms with Gasteiger partial charge in [0.1, 0.15) is 29.1 Å². The van der Waals surface area contributed by atoms with Gasteiger partial charge in [0.05, 0.1) is 39.9 Å². The van der Waals surface area contributed by atoms with Crippen LogP contribution in [0.25, 0.3) is 6.08 Å². The normalized spacial score (nSPS) is 27.4. The van der Waals surface area contributed by atoms with Gasteiger partial charge < -0.3 is 33.9 Å². The summed E-state index contributed by atoms with van der Waals surface area (Å²) >= 11 is 0. The summed E-state index contributed by atoms with van der Waals surface area (Å²) < 4.78 is 28.2. The van der Waals surface area contributed by atoms with Gasteiger partial charge in [-0.05, 0) is 23.3 Å². The maximum Gasteiger partial charge on any atom is 0.312 e. The molecule has 1 saturated carbocycles. The highest BCUT2D eigenvalue weighted by molar-refractivity contribution is 5.78. The third kappa shape index (κ3) is 3.55. The van der Waals surface area contributed by atoms with E-state index in [0.717, 1.165) is 5.56 Å². The Labute approximate surface area is 221 Å². The van der Waals surface area contributed by atoms with Gasteiger partial charge in [-0.15, -0.1) is 0 Å². The highest BCUT2D eigenvalue weighted by Crippen LogP contribution is 2.68. The third-order valence-electron chi connectivity index (χ3n) is 7.63. The molecule has 0 amide bonds. The van der Waals surface area contributed by atoms with Crippen molar-refractivity contribution in [1.82, 2.24) is 0 Å². The number of aliphatic hydroxyl groups is 2. The van der Waals surface area contributed by atoms with Crippen molar-refractivity contribution in [2.75, 3.05) is 28.4 Å². The van der Waals surface area contributed by atoms with Crippen molar-refractivity contribution in [3.8, 4) is 23.0 Å². The molecule has 0 unspecified atom stereocenters. The second kappa shape index (κ2) is 9.70. The average Bonchev–Trinajstić information content (AvgIpc) is 3.33. The minimum Gasteiger partial charge on any atom is -0.497 e. The van der Waals surface area contributed by atoms with Gasteiger partial charge in [0, 0.05) is 18.1 Å². The van der Waals surface area contributed by atoms with Crippen LogP contribution in [0.3, 0.4) is 0 Å². The second-order valence-electron chi connectivity index (χ2n) is 9.32. The molecule has 1 fully saturated rings. The molecule has 198 valence electrons. The van der Waals surface area contributed by atoms with Crippen molar-refractivity contribution in [3.63, 3.8) is 0 Å². The molecular weight excluding hydrogens is 488 g/mol. The predicted molar refractivity (Wildman–Crippen MR) is 139 cm³/mol. The largest absolute Gasteiger partial charge is 0.497 e. The maximum atomic E-state index is 13.2. The van der Waals surface area contributed by atoms with E-state index in [9.17, 15) is 15.0 Å². The Morgan fingerprint density at radius 3 is 2.21 bits per heavy atom. The molecule has 2 aliphatic rings. The van der Waals surface area contributed by atoms with Crippen molar-refractivity contribution in [1.29, 1.82) is 0 Å². The predicted octanol–water partition coefficient (Wildman–Crippen LogP) is 3.68. The molecule has 5 rings (SSSR count). The zero-order valence-electron chi connectivity index (χ0n) is 21.6. The fourth-order valence-corrected chi connectivity index (χ4v) is 5.89. The van der Waals surface area contributed by atoms with E-state index in [2.05, 4.69) is 0 Å². The quantitative estimate of drug-likeness (QED) is 0.457. The first-order chi connectivity index (χ1) is 18.3. The molecule has 1 aliphatic heterocycles. The van der Waals surface area contributed by atoms with Gasteiger partial charge in [-0.2, -0.15) is 0 Å². The standard InChI is InChI=1S/C30H30O8/c1-34-20-13-11-19(12-14-20)30-22(15-10-18-8-6-5-7-9-18)25(28(32)37-4)27(31)29(30,33)26-23(36-3)16-21(35-2)17-24(26)38-30/h5-17,22,25,27,31,33H,1-4H3/b15-10+/t22-,25-,27-,29+,30+/m1/s1. The average molecular weight is 519 g/mol. The van der Waals surface area contributed by atoms with Crippen LogP contribution in [-0.4, -0.2) is 50.7 Å². The van der Waals surface area contributed by atoms with Crippen LogP contribution in [0.2, 0.25) is 0 Å². The molecule has 0 bridgehead atoms. The van der Waals surface area contributed by atoms with Gasteiger partial charge in [0.15, 0.2) is 11.2 Å². The first kappa shape index (κ1) is 25.6. The lowest BCUT2D eigenvalue weighted by molar-refractivity contribution is -0.161. The SMILES string of the molecule is COC(=O)[C@H]1[C@@H](O)[C@@]2(O)c3c(OC)cc(OC)cc3O[C@@]2(c2ccc(OC)cc2)[C@@H]1/C=C/c1ccccc1. The molecule has 1 aliphatic carbocycles. The lowest BCUT2D eigenvalue weighted by Crippen LogP contribution is -2.52. The lowest BCUT2D eigenvalue weighted by Gasteiger charge is -2.39. The monoisotopic (exact) mass is 518 g/mol. The fraction of sp³-hybridized carbons (Fsp3) is 0.300. The molecule has 3 aromatic carbocycles. The molecule has 0 aromatic heterocycles. The van der Waals surface area contributed by atoms with Crippen LogP contribution in [0.15, 0.2) is 72.8 Å². The molecule has 0 radical (unpaired) electrons. The van der Waals surface area contributed by atoms with E-state index in [0.29, 0.717) is 17.1 Å². The van der Waals surface area contributed by atoms with Crippen molar-refractivity contribution in [2.24, 2.45) is 11.8 Å². The smallest absolute Gasteiger partial charge is 0.312 e. The fourth-order valence-electron chi connectivity index (χ4n) is 5.89. The van der Waals surface area contributed by atoms with E-state index in [4.69, 9.17) is 23.7 Å². The zero-order chi connectivity index (χ0) is 27.1. The van der Waals surface area contributed by atoms with Crippen LogP contribution in [-0.2, 0) is 20.7 Å². The number of esters is 1. The summed E-state index contributed by atoms with van der Waals surface area (Å²) in [5.41, 5.74) is -2.09. The lowest BCUT2D eigenvalue weighted by atomic mass is 9.72. The van der Waals surface area contributed by atoms with E-state index in [-0.39, 0.29) is 17.1 Å². The number of hydrogen-bond acceptors (Lipinski definition) is 8. The summed E-state index contributed by atoms with van der Waals surface area (Å²) in [6, 6.07) is 19.8. The Hall–Kier alpha value is -4.01. The van der Waals surface area contributed by atoms with Crippen LogP contribution in [0.5, 0.6) is 23.0 Å². The van der Waals surface area contributed by atoms with Crippen LogP contribution in [0.4, 0.5) is 0 Å². The zero-order valence-corrected chi connectivity index (χ0v) is 21.6. The molecule has 8 nitrogen and oxygen atoms in total. The summed E-state index contributed by atoms with van der Waals surface area (Å²) in [5.74, 6) is -1.10. The van der Waals surface area contributed by atoms with Gasteiger partial charge >= 0.3 is 5.97 Å². The van der Waals surface area contributed by atoms with Crippen LogP contribution < -0.4 is 18.9 Å². The van der Waals surface area contributed by atoms with E-state index in [1.165, 1.54) is 21.3 Å². The molecule has 3 aromatic rings. The topological polar surface area (TPSA) is 104 Å². The van der Waals surface area contributed by atoms with E-state index in [1.54, 1.807) is 49.6 Å². The highest BCUT2D eigenvalue weighted by Gasteiger charge is 2.77. The first-order valence-electron chi connectivity index (χ1n) is 12.2. The Balaban J connectivity index is 1.81. The summed E-state index contributed by atoms with van der Waals surface area (Å²) in [5, 5.41) is 24.5. The molecule has 1 heterocycles. The van der Waals surface area contributed by atoms with Gasteiger partial charge in [-0.25, -0.2) is 0 Å². The number of ether oxygens (including phenoxy) is 5. The molecular formula is C30H30O8. The Morgan fingerprint density at radius 1 is 0.921 bits per heavy atom. The number of carbonyl (C=O) groups excluding carboxylic acids is 1. The van der Waals surface area contributed by atoms with Crippen molar-refractivity contribution in [2.45, 2.75) is 17.3 Å². The van der Waals surface area contributed by atoms with E-state index < -0.39 is 35.1 Å². The van der Waals surface area contributed by atoms with Crippen molar-refractivity contribution < 1.29 is 38.7 Å².